The van der Waals surface area contributed by atoms with E-state index in [1.165, 1.54) is 9.87 Å². The SMILES string of the molecule is CC[C@@H](C(=O)NCc1ccc(CN2CCOCC2)cc1)N(c1cccc(C)c1)S(C)(=O)=O. The molecule has 1 atom stereocenters. The lowest BCUT2D eigenvalue weighted by atomic mass is 10.1. The van der Waals surface area contributed by atoms with E-state index in [1.54, 1.807) is 18.2 Å². The van der Waals surface area contributed by atoms with E-state index < -0.39 is 16.1 Å². The second-order valence-corrected chi connectivity index (χ2v) is 10.1. The molecule has 0 spiro atoms. The molecule has 1 heterocycles. The molecule has 1 N–H and O–H groups in total. The van der Waals surface area contributed by atoms with Gasteiger partial charge >= 0.3 is 0 Å². The predicted molar refractivity (Wildman–Crippen MR) is 127 cm³/mol. The second-order valence-electron chi connectivity index (χ2n) is 8.24. The highest BCUT2D eigenvalue weighted by Gasteiger charge is 2.31. The Hall–Kier alpha value is -2.42. The average molecular weight is 460 g/mol. The van der Waals surface area contributed by atoms with E-state index in [4.69, 9.17) is 4.74 Å². The molecule has 0 radical (unpaired) electrons. The van der Waals surface area contributed by atoms with Crippen molar-refractivity contribution in [2.75, 3.05) is 36.9 Å². The van der Waals surface area contributed by atoms with Crippen LogP contribution in [-0.2, 0) is 32.6 Å². The van der Waals surface area contributed by atoms with Crippen LogP contribution in [0.2, 0.25) is 0 Å². The van der Waals surface area contributed by atoms with E-state index in [-0.39, 0.29) is 5.91 Å². The van der Waals surface area contributed by atoms with Gasteiger partial charge in [0.05, 0.1) is 25.2 Å². The Morgan fingerprint density at radius 2 is 1.78 bits per heavy atom. The van der Waals surface area contributed by atoms with Gasteiger partial charge in [0.2, 0.25) is 15.9 Å². The molecular formula is C24H33N3O4S. The van der Waals surface area contributed by atoms with Gasteiger partial charge in [-0.2, -0.15) is 0 Å². The van der Waals surface area contributed by atoms with Crippen LogP contribution in [0.1, 0.15) is 30.0 Å². The molecule has 32 heavy (non-hydrogen) atoms. The number of rotatable bonds is 9. The van der Waals surface area contributed by atoms with Crippen LogP contribution in [0.25, 0.3) is 0 Å². The predicted octanol–water partition coefficient (Wildman–Crippen LogP) is 2.69. The number of hydrogen-bond acceptors (Lipinski definition) is 5. The summed E-state index contributed by atoms with van der Waals surface area (Å²) < 4.78 is 31.7. The van der Waals surface area contributed by atoms with Gasteiger partial charge in [0.15, 0.2) is 0 Å². The molecule has 2 aromatic rings. The third-order valence-corrected chi connectivity index (χ3v) is 6.77. The third-order valence-electron chi connectivity index (χ3n) is 5.59. The Labute approximate surface area is 191 Å². The maximum absolute atomic E-state index is 13.0. The van der Waals surface area contributed by atoms with Crippen molar-refractivity contribution in [1.82, 2.24) is 10.2 Å². The van der Waals surface area contributed by atoms with Gasteiger partial charge in [-0.05, 0) is 42.2 Å². The Balaban J connectivity index is 1.65. The van der Waals surface area contributed by atoms with Crippen molar-refractivity contribution in [3.05, 3.63) is 65.2 Å². The Kier molecular flexibility index (Phi) is 8.28. The van der Waals surface area contributed by atoms with E-state index in [2.05, 4.69) is 22.3 Å². The van der Waals surface area contributed by atoms with Gasteiger partial charge in [-0.3, -0.25) is 14.0 Å². The molecule has 3 rings (SSSR count). The Morgan fingerprint density at radius 3 is 2.38 bits per heavy atom. The highest BCUT2D eigenvalue weighted by atomic mass is 32.2. The lowest BCUT2D eigenvalue weighted by Gasteiger charge is -2.30. The number of sulfonamides is 1. The quantitative estimate of drug-likeness (QED) is 0.624. The van der Waals surface area contributed by atoms with Gasteiger partial charge in [-0.1, -0.05) is 43.3 Å². The van der Waals surface area contributed by atoms with Crippen LogP contribution in [-0.4, -0.2) is 57.8 Å². The topological polar surface area (TPSA) is 79.0 Å². The van der Waals surface area contributed by atoms with E-state index >= 15 is 0 Å². The average Bonchev–Trinajstić information content (AvgIpc) is 2.76. The monoisotopic (exact) mass is 459 g/mol. The first-order valence-corrected chi connectivity index (χ1v) is 12.8. The molecule has 0 saturated carbocycles. The normalized spacial score (nSPS) is 15.8. The summed E-state index contributed by atoms with van der Waals surface area (Å²) in [6, 6.07) is 14.5. The summed E-state index contributed by atoms with van der Waals surface area (Å²) in [4.78, 5) is 15.3. The van der Waals surface area contributed by atoms with E-state index in [1.807, 2.05) is 32.0 Å². The summed E-state index contributed by atoms with van der Waals surface area (Å²) in [7, 11) is -3.63. The molecule has 1 aliphatic rings. The smallest absolute Gasteiger partial charge is 0.244 e. The van der Waals surface area contributed by atoms with E-state index in [0.29, 0.717) is 18.7 Å². The first kappa shape index (κ1) is 24.2. The first-order valence-electron chi connectivity index (χ1n) is 11.0. The number of benzene rings is 2. The summed E-state index contributed by atoms with van der Waals surface area (Å²) >= 11 is 0. The van der Waals surface area contributed by atoms with Crippen LogP contribution in [0, 0.1) is 6.92 Å². The molecule has 0 unspecified atom stereocenters. The largest absolute Gasteiger partial charge is 0.379 e. The van der Waals surface area contributed by atoms with Gasteiger partial charge in [-0.15, -0.1) is 0 Å². The lowest BCUT2D eigenvalue weighted by molar-refractivity contribution is -0.122. The number of ether oxygens (including phenoxy) is 1. The van der Waals surface area contributed by atoms with Crippen molar-refractivity contribution in [1.29, 1.82) is 0 Å². The van der Waals surface area contributed by atoms with Gasteiger partial charge in [0.1, 0.15) is 6.04 Å². The van der Waals surface area contributed by atoms with Crippen molar-refractivity contribution in [3.8, 4) is 0 Å². The zero-order valence-corrected chi connectivity index (χ0v) is 19.9. The molecule has 0 bridgehead atoms. The number of amides is 1. The van der Waals surface area contributed by atoms with Crippen LogP contribution in [0.3, 0.4) is 0 Å². The summed E-state index contributed by atoms with van der Waals surface area (Å²) in [6.45, 7) is 8.37. The molecule has 0 aromatic heterocycles. The standard InChI is InChI=1S/C24H33N3O4S/c1-4-23(27(32(3,29)30)22-7-5-6-19(2)16-22)24(28)25-17-20-8-10-21(11-9-20)18-26-12-14-31-15-13-26/h5-11,16,23H,4,12-15,17-18H2,1-3H3,(H,25,28)/t23-/m0/s1. The summed E-state index contributed by atoms with van der Waals surface area (Å²) in [5.74, 6) is -0.308. The van der Waals surface area contributed by atoms with Crippen LogP contribution in [0.4, 0.5) is 5.69 Å². The number of hydrogen-bond donors (Lipinski definition) is 1. The number of anilines is 1. The van der Waals surface area contributed by atoms with Crippen LogP contribution in [0.5, 0.6) is 0 Å². The fourth-order valence-corrected chi connectivity index (χ4v) is 5.12. The minimum Gasteiger partial charge on any atom is -0.379 e. The molecule has 1 fully saturated rings. The zero-order chi connectivity index (χ0) is 23.1. The van der Waals surface area contributed by atoms with Gasteiger partial charge in [0, 0.05) is 26.2 Å². The summed E-state index contributed by atoms with van der Waals surface area (Å²) in [5.41, 5.74) is 3.63. The minimum atomic E-state index is -3.63. The number of nitrogens with one attached hydrogen (secondary N) is 1. The fourth-order valence-electron chi connectivity index (χ4n) is 3.91. The fraction of sp³-hybridized carbons (Fsp3) is 0.458. The first-order chi connectivity index (χ1) is 15.3. The molecule has 1 saturated heterocycles. The number of morpholine rings is 1. The molecule has 2 aromatic carbocycles. The molecule has 7 nitrogen and oxygen atoms in total. The summed E-state index contributed by atoms with van der Waals surface area (Å²) in [6.07, 6.45) is 1.50. The summed E-state index contributed by atoms with van der Waals surface area (Å²) in [5, 5.41) is 2.92. The van der Waals surface area contributed by atoms with Crippen molar-refractivity contribution in [2.45, 2.75) is 39.4 Å². The highest BCUT2D eigenvalue weighted by molar-refractivity contribution is 7.92. The van der Waals surface area contributed by atoms with Gasteiger partial charge in [-0.25, -0.2) is 8.42 Å². The number of carbonyl (C=O) groups is 1. The van der Waals surface area contributed by atoms with E-state index in [0.717, 1.165) is 50.2 Å². The highest BCUT2D eigenvalue weighted by Crippen LogP contribution is 2.23. The third kappa shape index (κ3) is 6.54. The second kappa shape index (κ2) is 10.9. The van der Waals surface area contributed by atoms with Crippen molar-refractivity contribution in [2.24, 2.45) is 0 Å². The van der Waals surface area contributed by atoms with Gasteiger partial charge in [0.25, 0.3) is 0 Å². The Bertz CT molecular complexity index is 1000. The molecule has 8 heteroatoms. The molecule has 0 aliphatic carbocycles. The van der Waals surface area contributed by atoms with Gasteiger partial charge < -0.3 is 10.1 Å². The maximum Gasteiger partial charge on any atom is 0.244 e. The van der Waals surface area contributed by atoms with Crippen molar-refractivity contribution >= 4 is 21.6 Å². The molecule has 1 aliphatic heterocycles. The Morgan fingerprint density at radius 1 is 1.12 bits per heavy atom. The van der Waals surface area contributed by atoms with E-state index in [9.17, 15) is 13.2 Å². The molecular weight excluding hydrogens is 426 g/mol. The number of carbonyl (C=O) groups excluding carboxylic acids is 1. The maximum atomic E-state index is 13.0. The number of aryl methyl sites for hydroxylation is 1. The van der Waals surface area contributed by atoms with Crippen molar-refractivity contribution in [3.63, 3.8) is 0 Å². The minimum absolute atomic E-state index is 0.308. The molecule has 1 amide bonds. The van der Waals surface area contributed by atoms with Crippen LogP contribution >= 0.6 is 0 Å². The van der Waals surface area contributed by atoms with Crippen LogP contribution in [0.15, 0.2) is 48.5 Å². The molecule has 174 valence electrons. The van der Waals surface area contributed by atoms with Crippen LogP contribution < -0.4 is 9.62 Å². The van der Waals surface area contributed by atoms with Crippen molar-refractivity contribution < 1.29 is 17.9 Å². The number of nitrogens with zero attached hydrogens (tertiary/aromatic N) is 2. The zero-order valence-electron chi connectivity index (χ0n) is 19.1. The lowest BCUT2D eigenvalue weighted by Crippen LogP contribution is -2.49.